The van der Waals surface area contributed by atoms with E-state index in [1.165, 1.54) is 16.0 Å². The molecule has 0 saturated carbocycles. The number of hydrogen-bond donors (Lipinski definition) is 2. The van der Waals surface area contributed by atoms with E-state index >= 15 is 0 Å². The molecule has 1 heterocycles. The molecule has 6 heteroatoms. The highest BCUT2D eigenvalue weighted by Gasteiger charge is 2.38. The van der Waals surface area contributed by atoms with Gasteiger partial charge in [0.2, 0.25) is 5.91 Å². The predicted molar refractivity (Wildman–Crippen MR) is 124 cm³/mol. The van der Waals surface area contributed by atoms with Crippen molar-refractivity contribution in [3.63, 3.8) is 0 Å². The number of benzene rings is 3. The van der Waals surface area contributed by atoms with Crippen molar-refractivity contribution in [1.82, 2.24) is 0 Å². The lowest BCUT2D eigenvalue weighted by molar-refractivity contribution is -0.138. The average molecular weight is 431 g/mol. The minimum absolute atomic E-state index is 0.0319. The summed E-state index contributed by atoms with van der Waals surface area (Å²) in [7, 11) is 0. The molecule has 3 aromatic carbocycles. The highest BCUT2D eigenvalue weighted by molar-refractivity contribution is 6.26. The number of hydrogen-bond acceptors (Lipinski definition) is 3. The van der Waals surface area contributed by atoms with Gasteiger partial charge in [0.05, 0.1) is 5.69 Å². The predicted octanol–water partition coefficient (Wildman–Crippen LogP) is 4.23. The van der Waals surface area contributed by atoms with E-state index in [9.17, 15) is 19.5 Å². The van der Waals surface area contributed by atoms with E-state index in [4.69, 9.17) is 5.73 Å². The van der Waals surface area contributed by atoms with Crippen LogP contribution in [0.2, 0.25) is 0 Å². The summed E-state index contributed by atoms with van der Waals surface area (Å²) in [6.07, 6.45) is 0.567. The second-order valence-electron chi connectivity index (χ2n) is 8.58. The van der Waals surface area contributed by atoms with Crippen LogP contribution in [0.25, 0.3) is 10.8 Å². The third kappa shape index (κ3) is 3.84. The van der Waals surface area contributed by atoms with Gasteiger partial charge in [-0.2, -0.15) is 0 Å². The molecule has 1 atom stereocenters. The van der Waals surface area contributed by atoms with Gasteiger partial charge in [0, 0.05) is 17.4 Å². The number of carboxylic acid groups (broad SMARTS) is 1. The zero-order chi connectivity index (χ0) is 23.0. The Bertz CT molecular complexity index is 1210. The Kier molecular flexibility index (Phi) is 5.70. The lowest BCUT2D eigenvalue weighted by Crippen LogP contribution is -2.43. The fourth-order valence-corrected chi connectivity index (χ4v) is 4.41. The fourth-order valence-electron chi connectivity index (χ4n) is 4.41. The maximum Gasteiger partial charge on any atom is 0.326 e. The summed E-state index contributed by atoms with van der Waals surface area (Å²) in [6.45, 7) is 4.32. The van der Waals surface area contributed by atoms with Crippen LogP contribution in [0.4, 0.5) is 5.69 Å². The van der Waals surface area contributed by atoms with Gasteiger partial charge in [0.25, 0.3) is 5.91 Å². The standard InChI is InChI=1S/C26H26N2O4/c1-15(2)17-8-6-16(7-9-17)14-18-10-11-21-24-19(18)4-3-5-20(24)25(30)28(21)22(26(31)32)12-13-23(27)29/h3-11,15,22H,12-14H2,1-2H3,(H2,27,29)(H,31,32). The van der Waals surface area contributed by atoms with Crippen molar-refractivity contribution in [2.24, 2.45) is 5.73 Å². The van der Waals surface area contributed by atoms with Gasteiger partial charge in [-0.1, -0.05) is 56.3 Å². The lowest BCUT2D eigenvalue weighted by Gasteiger charge is -2.25. The molecule has 3 aromatic rings. The first-order valence-corrected chi connectivity index (χ1v) is 10.8. The minimum atomic E-state index is -1.16. The summed E-state index contributed by atoms with van der Waals surface area (Å²) in [5, 5.41) is 11.5. The summed E-state index contributed by atoms with van der Waals surface area (Å²) in [5.74, 6) is -1.64. The van der Waals surface area contributed by atoms with Gasteiger partial charge in [-0.3, -0.25) is 14.5 Å². The van der Waals surface area contributed by atoms with Crippen molar-refractivity contribution in [3.8, 4) is 0 Å². The molecule has 0 spiro atoms. The molecule has 0 aliphatic carbocycles. The SMILES string of the molecule is CC(C)c1ccc(Cc2ccc3c4c(cccc24)C(=O)N3C(CCC(N)=O)C(=O)O)cc1. The van der Waals surface area contributed by atoms with E-state index < -0.39 is 17.9 Å². The van der Waals surface area contributed by atoms with Crippen molar-refractivity contribution in [1.29, 1.82) is 0 Å². The Morgan fingerprint density at radius 3 is 2.38 bits per heavy atom. The Labute approximate surface area is 186 Å². The van der Waals surface area contributed by atoms with Gasteiger partial charge in [0.1, 0.15) is 6.04 Å². The van der Waals surface area contributed by atoms with Crippen LogP contribution in [0.15, 0.2) is 54.6 Å². The number of carbonyl (C=O) groups is 3. The number of nitrogens with two attached hydrogens (primary N) is 1. The Hall–Kier alpha value is -3.67. The summed E-state index contributed by atoms with van der Waals surface area (Å²) in [5.41, 5.74) is 9.79. The Morgan fingerprint density at radius 2 is 1.75 bits per heavy atom. The van der Waals surface area contributed by atoms with Crippen molar-refractivity contribution in [2.45, 2.75) is 45.1 Å². The highest BCUT2D eigenvalue weighted by Crippen LogP contribution is 2.41. The van der Waals surface area contributed by atoms with E-state index in [1.807, 2.05) is 24.3 Å². The molecule has 164 valence electrons. The van der Waals surface area contributed by atoms with Crippen LogP contribution in [-0.4, -0.2) is 28.9 Å². The minimum Gasteiger partial charge on any atom is -0.480 e. The third-order valence-corrected chi connectivity index (χ3v) is 6.12. The molecule has 0 radical (unpaired) electrons. The van der Waals surface area contributed by atoms with Crippen LogP contribution in [0.3, 0.4) is 0 Å². The molecular weight excluding hydrogens is 404 g/mol. The summed E-state index contributed by atoms with van der Waals surface area (Å²) in [4.78, 5) is 37.7. The zero-order valence-corrected chi connectivity index (χ0v) is 18.2. The first-order chi connectivity index (χ1) is 15.3. The van der Waals surface area contributed by atoms with Gasteiger partial charge in [-0.25, -0.2) is 4.79 Å². The summed E-state index contributed by atoms with van der Waals surface area (Å²) < 4.78 is 0. The van der Waals surface area contributed by atoms with Crippen molar-refractivity contribution < 1.29 is 19.5 Å². The van der Waals surface area contributed by atoms with E-state index in [2.05, 4.69) is 38.1 Å². The topological polar surface area (TPSA) is 101 Å². The Morgan fingerprint density at radius 1 is 1.03 bits per heavy atom. The number of carbonyl (C=O) groups excluding carboxylic acids is 2. The molecule has 0 fully saturated rings. The molecule has 32 heavy (non-hydrogen) atoms. The lowest BCUT2D eigenvalue weighted by atomic mass is 9.94. The Balaban J connectivity index is 1.74. The van der Waals surface area contributed by atoms with Crippen LogP contribution in [0, 0.1) is 0 Å². The fraction of sp³-hybridized carbons (Fsp3) is 0.269. The van der Waals surface area contributed by atoms with E-state index in [0.717, 1.165) is 16.3 Å². The maximum absolute atomic E-state index is 13.2. The van der Waals surface area contributed by atoms with E-state index in [-0.39, 0.29) is 18.7 Å². The third-order valence-electron chi connectivity index (χ3n) is 6.12. The van der Waals surface area contributed by atoms with Crippen LogP contribution in [0.5, 0.6) is 0 Å². The number of rotatable bonds is 8. The summed E-state index contributed by atoms with van der Waals surface area (Å²) >= 11 is 0. The van der Waals surface area contributed by atoms with Crippen LogP contribution in [0.1, 0.15) is 59.7 Å². The van der Waals surface area contributed by atoms with Gasteiger partial charge < -0.3 is 10.8 Å². The molecule has 1 unspecified atom stereocenters. The maximum atomic E-state index is 13.2. The first-order valence-electron chi connectivity index (χ1n) is 10.8. The summed E-state index contributed by atoms with van der Waals surface area (Å²) in [6, 6.07) is 16.7. The molecule has 1 aliphatic rings. The number of nitrogens with zero attached hydrogens (tertiary/aromatic N) is 1. The molecule has 2 amide bonds. The monoisotopic (exact) mass is 430 g/mol. The molecule has 4 rings (SSSR count). The van der Waals surface area contributed by atoms with Crippen LogP contribution >= 0.6 is 0 Å². The number of amides is 2. The highest BCUT2D eigenvalue weighted by atomic mass is 16.4. The van der Waals surface area contributed by atoms with E-state index in [1.54, 1.807) is 6.07 Å². The van der Waals surface area contributed by atoms with Crippen LogP contribution in [-0.2, 0) is 16.0 Å². The first kappa shape index (κ1) is 21.6. The number of aliphatic carboxylic acids is 1. The quantitative estimate of drug-likeness (QED) is 0.558. The molecule has 6 nitrogen and oxygen atoms in total. The molecule has 1 aliphatic heterocycles. The molecule has 0 bridgehead atoms. The van der Waals surface area contributed by atoms with Gasteiger partial charge in [-0.05, 0) is 53.0 Å². The zero-order valence-electron chi connectivity index (χ0n) is 18.2. The number of primary amides is 1. The number of carboxylic acids is 1. The molecule has 0 aromatic heterocycles. The van der Waals surface area contributed by atoms with Crippen molar-refractivity contribution in [2.75, 3.05) is 4.90 Å². The van der Waals surface area contributed by atoms with Gasteiger partial charge in [0.15, 0.2) is 0 Å². The molecule has 3 N–H and O–H groups in total. The van der Waals surface area contributed by atoms with Crippen LogP contribution < -0.4 is 10.6 Å². The molecular formula is C26H26N2O4. The van der Waals surface area contributed by atoms with E-state index in [0.29, 0.717) is 23.6 Å². The smallest absolute Gasteiger partial charge is 0.326 e. The average Bonchev–Trinajstić information content (AvgIpc) is 3.03. The van der Waals surface area contributed by atoms with Gasteiger partial charge in [-0.15, -0.1) is 0 Å². The normalized spacial score (nSPS) is 13.7. The largest absolute Gasteiger partial charge is 0.480 e. The van der Waals surface area contributed by atoms with Crippen molar-refractivity contribution >= 4 is 34.2 Å². The van der Waals surface area contributed by atoms with Gasteiger partial charge >= 0.3 is 5.97 Å². The second kappa shape index (κ2) is 8.46. The second-order valence-corrected chi connectivity index (χ2v) is 8.58. The molecule has 0 saturated heterocycles. The van der Waals surface area contributed by atoms with Crippen molar-refractivity contribution in [3.05, 3.63) is 76.9 Å². The number of anilines is 1.